The van der Waals surface area contributed by atoms with E-state index in [9.17, 15) is 0 Å². The van der Waals surface area contributed by atoms with Crippen LogP contribution in [0.1, 0.15) is 30.5 Å². The SMILES string of the molecule is C#Cc1cccc(NC(CC)c2cccc(Br)c2)c1. The van der Waals surface area contributed by atoms with Gasteiger partial charge in [0.15, 0.2) is 0 Å². The van der Waals surface area contributed by atoms with Crippen LogP contribution in [0.4, 0.5) is 5.69 Å². The minimum absolute atomic E-state index is 0.283. The van der Waals surface area contributed by atoms with Crippen molar-refractivity contribution in [1.29, 1.82) is 0 Å². The predicted molar refractivity (Wildman–Crippen MR) is 85.2 cm³/mol. The zero-order chi connectivity index (χ0) is 13.7. The average Bonchev–Trinajstić information content (AvgIpc) is 2.45. The Kier molecular flexibility index (Phi) is 4.65. The monoisotopic (exact) mass is 313 g/mol. The van der Waals surface area contributed by atoms with Crippen molar-refractivity contribution in [2.75, 3.05) is 5.32 Å². The Balaban J connectivity index is 2.21. The number of rotatable bonds is 4. The third-order valence-corrected chi connectivity index (χ3v) is 3.52. The summed E-state index contributed by atoms with van der Waals surface area (Å²) in [6, 6.07) is 16.6. The van der Waals surface area contributed by atoms with Crippen LogP contribution in [0.5, 0.6) is 0 Å². The molecular weight excluding hydrogens is 298 g/mol. The molecule has 2 aromatic carbocycles. The minimum atomic E-state index is 0.283. The van der Waals surface area contributed by atoms with E-state index in [0.29, 0.717) is 0 Å². The summed E-state index contributed by atoms with van der Waals surface area (Å²) < 4.78 is 1.10. The maximum Gasteiger partial charge on any atom is 0.0511 e. The largest absolute Gasteiger partial charge is 0.378 e. The molecule has 0 aliphatic carbocycles. The van der Waals surface area contributed by atoms with E-state index in [1.54, 1.807) is 0 Å². The number of hydrogen-bond acceptors (Lipinski definition) is 1. The van der Waals surface area contributed by atoms with E-state index in [2.05, 4.69) is 52.3 Å². The second kappa shape index (κ2) is 6.45. The highest BCUT2D eigenvalue weighted by atomic mass is 79.9. The van der Waals surface area contributed by atoms with Crippen molar-refractivity contribution in [2.24, 2.45) is 0 Å². The highest BCUT2D eigenvalue weighted by Crippen LogP contribution is 2.25. The Morgan fingerprint density at radius 3 is 2.68 bits per heavy atom. The van der Waals surface area contributed by atoms with Gasteiger partial charge in [0, 0.05) is 15.7 Å². The molecule has 0 saturated heterocycles. The molecule has 1 N–H and O–H groups in total. The zero-order valence-electron chi connectivity index (χ0n) is 10.9. The Morgan fingerprint density at radius 1 is 1.21 bits per heavy atom. The number of benzene rings is 2. The van der Waals surface area contributed by atoms with Crippen LogP contribution in [0.2, 0.25) is 0 Å². The highest BCUT2D eigenvalue weighted by Gasteiger charge is 2.09. The first-order chi connectivity index (χ1) is 9.22. The summed E-state index contributed by atoms with van der Waals surface area (Å²) in [4.78, 5) is 0. The summed E-state index contributed by atoms with van der Waals surface area (Å²) >= 11 is 3.51. The van der Waals surface area contributed by atoms with Crippen LogP contribution in [-0.2, 0) is 0 Å². The Morgan fingerprint density at radius 2 is 2.00 bits per heavy atom. The van der Waals surface area contributed by atoms with Crippen LogP contribution < -0.4 is 5.32 Å². The number of hydrogen-bond donors (Lipinski definition) is 1. The van der Waals surface area contributed by atoms with Crippen molar-refractivity contribution in [3.05, 3.63) is 64.1 Å². The summed E-state index contributed by atoms with van der Waals surface area (Å²) in [5, 5.41) is 3.53. The molecule has 2 heteroatoms. The molecule has 0 saturated carbocycles. The molecule has 0 aliphatic heterocycles. The first kappa shape index (κ1) is 13.7. The smallest absolute Gasteiger partial charge is 0.0511 e. The van der Waals surface area contributed by atoms with Gasteiger partial charge < -0.3 is 5.32 Å². The van der Waals surface area contributed by atoms with Crippen LogP contribution >= 0.6 is 15.9 Å². The van der Waals surface area contributed by atoms with Crippen LogP contribution in [0.15, 0.2) is 53.0 Å². The minimum Gasteiger partial charge on any atom is -0.378 e. The molecule has 0 spiro atoms. The van der Waals surface area contributed by atoms with Crippen molar-refractivity contribution in [2.45, 2.75) is 19.4 Å². The molecule has 96 valence electrons. The maximum absolute atomic E-state index is 5.43. The van der Waals surface area contributed by atoms with Crippen LogP contribution in [-0.4, -0.2) is 0 Å². The summed E-state index contributed by atoms with van der Waals surface area (Å²) in [6.07, 6.45) is 6.44. The number of nitrogens with one attached hydrogen (secondary N) is 1. The fourth-order valence-electron chi connectivity index (χ4n) is 2.04. The number of terminal acetylenes is 1. The molecule has 0 fully saturated rings. The molecule has 2 rings (SSSR count). The van der Waals surface area contributed by atoms with Gasteiger partial charge in [0.1, 0.15) is 0 Å². The average molecular weight is 314 g/mol. The van der Waals surface area contributed by atoms with Crippen LogP contribution in [0.25, 0.3) is 0 Å². The van der Waals surface area contributed by atoms with Gasteiger partial charge in [-0.3, -0.25) is 0 Å². The molecule has 0 radical (unpaired) electrons. The summed E-state index contributed by atoms with van der Waals surface area (Å²) in [5.41, 5.74) is 3.22. The molecule has 2 aromatic rings. The summed E-state index contributed by atoms with van der Waals surface area (Å²) in [5.74, 6) is 2.66. The van der Waals surface area contributed by atoms with E-state index in [4.69, 9.17) is 6.42 Å². The lowest BCUT2D eigenvalue weighted by molar-refractivity contribution is 0.749. The van der Waals surface area contributed by atoms with Gasteiger partial charge in [-0.25, -0.2) is 0 Å². The van der Waals surface area contributed by atoms with Gasteiger partial charge in [0.2, 0.25) is 0 Å². The van der Waals surface area contributed by atoms with Gasteiger partial charge in [-0.1, -0.05) is 47.0 Å². The molecule has 1 nitrogen and oxygen atoms in total. The van der Waals surface area contributed by atoms with Gasteiger partial charge in [-0.15, -0.1) is 6.42 Å². The molecule has 19 heavy (non-hydrogen) atoms. The van der Waals surface area contributed by atoms with Crippen LogP contribution in [0, 0.1) is 12.3 Å². The highest BCUT2D eigenvalue weighted by molar-refractivity contribution is 9.10. The Labute approximate surface area is 123 Å². The van der Waals surface area contributed by atoms with E-state index in [1.165, 1.54) is 5.56 Å². The number of anilines is 1. The van der Waals surface area contributed by atoms with Gasteiger partial charge in [-0.2, -0.15) is 0 Å². The van der Waals surface area contributed by atoms with Crippen molar-refractivity contribution < 1.29 is 0 Å². The van der Waals surface area contributed by atoms with E-state index < -0.39 is 0 Å². The summed E-state index contributed by atoms with van der Waals surface area (Å²) in [6.45, 7) is 2.17. The first-order valence-corrected chi connectivity index (χ1v) is 7.11. The van der Waals surface area contributed by atoms with Crippen molar-refractivity contribution in [1.82, 2.24) is 0 Å². The van der Waals surface area contributed by atoms with Gasteiger partial charge in [0.25, 0.3) is 0 Å². The first-order valence-electron chi connectivity index (χ1n) is 6.31. The van der Waals surface area contributed by atoms with Gasteiger partial charge in [-0.05, 0) is 42.3 Å². The fraction of sp³-hybridized carbons (Fsp3) is 0.176. The normalized spacial score (nSPS) is 11.6. The van der Waals surface area contributed by atoms with Crippen molar-refractivity contribution in [3.8, 4) is 12.3 Å². The van der Waals surface area contributed by atoms with E-state index in [0.717, 1.165) is 22.1 Å². The third kappa shape index (κ3) is 3.62. The fourth-order valence-corrected chi connectivity index (χ4v) is 2.46. The van der Waals surface area contributed by atoms with Gasteiger partial charge >= 0.3 is 0 Å². The maximum atomic E-state index is 5.43. The zero-order valence-corrected chi connectivity index (χ0v) is 12.4. The molecule has 0 aliphatic rings. The lowest BCUT2D eigenvalue weighted by Gasteiger charge is -2.19. The van der Waals surface area contributed by atoms with Gasteiger partial charge in [0.05, 0.1) is 6.04 Å². The van der Waals surface area contributed by atoms with E-state index in [1.807, 2.05) is 30.3 Å². The standard InChI is InChI=1S/C17H16BrN/c1-3-13-7-5-10-16(11-13)19-17(4-2)14-8-6-9-15(18)12-14/h1,5-12,17,19H,4H2,2H3. The molecule has 1 atom stereocenters. The Bertz CT molecular complexity index is 598. The molecule has 0 aromatic heterocycles. The lowest BCUT2D eigenvalue weighted by Crippen LogP contribution is -2.09. The van der Waals surface area contributed by atoms with Crippen molar-refractivity contribution >= 4 is 21.6 Å². The topological polar surface area (TPSA) is 12.0 Å². The van der Waals surface area contributed by atoms with E-state index >= 15 is 0 Å². The molecular formula is C17H16BrN. The predicted octanol–water partition coefficient (Wildman–Crippen LogP) is 4.99. The summed E-state index contributed by atoms with van der Waals surface area (Å²) in [7, 11) is 0. The molecule has 1 unspecified atom stereocenters. The van der Waals surface area contributed by atoms with E-state index in [-0.39, 0.29) is 6.04 Å². The second-order valence-electron chi connectivity index (χ2n) is 4.39. The quantitative estimate of drug-likeness (QED) is 0.784. The van der Waals surface area contributed by atoms with Crippen LogP contribution in [0.3, 0.4) is 0 Å². The Hall–Kier alpha value is -1.72. The van der Waals surface area contributed by atoms with Crippen molar-refractivity contribution in [3.63, 3.8) is 0 Å². The molecule has 0 amide bonds. The number of halogens is 1. The molecule has 0 heterocycles. The third-order valence-electron chi connectivity index (χ3n) is 3.03. The molecule has 0 bridgehead atoms. The second-order valence-corrected chi connectivity index (χ2v) is 5.30. The lowest BCUT2D eigenvalue weighted by atomic mass is 10.0.